The molecule has 12 heteroatoms. The zero-order valence-electron chi connectivity index (χ0n) is 22.7. The van der Waals surface area contributed by atoms with Gasteiger partial charge in [-0.05, 0) is 89.4 Å². The van der Waals surface area contributed by atoms with Gasteiger partial charge in [0.1, 0.15) is 17.1 Å². The summed E-state index contributed by atoms with van der Waals surface area (Å²) in [7, 11) is 0. The number of amides is 5. The Morgan fingerprint density at radius 3 is 2.38 bits per heavy atom. The molecule has 0 aromatic heterocycles. The maximum absolute atomic E-state index is 13.4. The zero-order chi connectivity index (χ0) is 30.2. The average Bonchev–Trinajstić information content (AvgIpc) is 2.95. The molecule has 0 atom stereocenters. The Morgan fingerprint density at radius 2 is 1.69 bits per heavy atom. The van der Waals surface area contributed by atoms with Gasteiger partial charge in [-0.15, -0.1) is 0 Å². The third-order valence-corrected chi connectivity index (χ3v) is 6.42. The molecule has 1 aliphatic rings. The Bertz CT molecular complexity index is 1540. The number of carbonyl (C=O) groups excluding carboxylic acids is 4. The van der Waals surface area contributed by atoms with E-state index in [9.17, 15) is 23.6 Å². The van der Waals surface area contributed by atoms with Crippen molar-refractivity contribution in [1.82, 2.24) is 5.32 Å². The Hall–Kier alpha value is -4.71. The lowest BCUT2D eigenvalue weighted by molar-refractivity contribution is -0.122. The molecule has 0 spiro atoms. The first kappa shape index (κ1) is 30.3. The van der Waals surface area contributed by atoms with Gasteiger partial charge >= 0.3 is 6.03 Å². The highest BCUT2D eigenvalue weighted by Gasteiger charge is 2.37. The molecule has 3 aromatic rings. The van der Waals surface area contributed by atoms with Gasteiger partial charge in [-0.3, -0.25) is 19.7 Å². The first-order valence-corrected chi connectivity index (χ1v) is 13.8. The van der Waals surface area contributed by atoms with Crippen LogP contribution < -0.4 is 29.7 Å². The molecule has 10 nitrogen and oxygen atoms in total. The summed E-state index contributed by atoms with van der Waals surface area (Å²) in [6.45, 7) is 4.24. The van der Waals surface area contributed by atoms with Crippen molar-refractivity contribution in [1.29, 1.82) is 0 Å². The molecular weight excluding hydrogens is 613 g/mol. The topological polar surface area (TPSA) is 123 Å². The van der Waals surface area contributed by atoms with Crippen LogP contribution in [-0.2, 0) is 14.4 Å². The van der Waals surface area contributed by atoms with Gasteiger partial charge in [0.25, 0.3) is 17.7 Å². The summed E-state index contributed by atoms with van der Waals surface area (Å²) in [5.41, 5.74) is 0.810. The maximum Gasteiger partial charge on any atom is 0.335 e. The minimum atomic E-state index is -0.893. The standard InChI is InChI=1S/C30H27BrFN3O7/c1-3-13-41-25-12-10-21(16-26(25)40-4-2)35-29(38)22(28(37)34-30(35)39)14-18-5-11-24(23(31)15-18)42-17-27(36)33-20-8-6-19(32)7-9-20/h5-12,14-16H,3-4,13,17H2,1-2H3,(H,33,36)(H,34,37,39)/b22-14+. The van der Waals surface area contributed by atoms with Crippen molar-refractivity contribution in [2.45, 2.75) is 20.3 Å². The lowest BCUT2D eigenvalue weighted by Crippen LogP contribution is -2.54. The monoisotopic (exact) mass is 639 g/mol. The first-order valence-electron chi connectivity index (χ1n) is 13.0. The fraction of sp³-hybridized carbons (Fsp3) is 0.200. The van der Waals surface area contributed by atoms with Gasteiger partial charge in [0.2, 0.25) is 0 Å². The average molecular weight is 640 g/mol. The third-order valence-electron chi connectivity index (χ3n) is 5.80. The van der Waals surface area contributed by atoms with E-state index in [1.807, 2.05) is 6.92 Å². The number of anilines is 2. The molecule has 2 N–H and O–H groups in total. The molecular formula is C30H27BrFN3O7. The molecule has 3 aromatic carbocycles. The molecule has 0 aliphatic carbocycles. The van der Waals surface area contributed by atoms with E-state index in [4.69, 9.17) is 14.2 Å². The molecule has 1 fully saturated rings. The number of benzene rings is 3. The molecule has 1 heterocycles. The second-order valence-electron chi connectivity index (χ2n) is 8.90. The van der Waals surface area contributed by atoms with Crippen molar-refractivity contribution in [3.05, 3.63) is 82.1 Å². The number of nitrogens with zero attached hydrogens (tertiary/aromatic N) is 1. The predicted molar refractivity (Wildman–Crippen MR) is 157 cm³/mol. The minimum Gasteiger partial charge on any atom is -0.490 e. The second kappa shape index (κ2) is 13.8. The number of barbiturate groups is 1. The van der Waals surface area contributed by atoms with Crippen LogP contribution >= 0.6 is 15.9 Å². The van der Waals surface area contributed by atoms with E-state index in [-0.39, 0.29) is 17.9 Å². The third kappa shape index (κ3) is 7.32. The number of rotatable bonds is 11. The smallest absolute Gasteiger partial charge is 0.335 e. The number of hydrogen-bond acceptors (Lipinski definition) is 7. The molecule has 0 unspecified atom stereocenters. The van der Waals surface area contributed by atoms with Crippen molar-refractivity contribution in [3.8, 4) is 17.2 Å². The Labute approximate surface area is 249 Å². The summed E-state index contributed by atoms with van der Waals surface area (Å²) < 4.78 is 30.4. The molecule has 0 radical (unpaired) electrons. The summed E-state index contributed by atoms with van der Waals surface area (Å²) in [5.74, 6) is -1.37. The molecule has 42 heavy (non-hydrogen) atoms. The number of urea groups is 1. The fourth-order valence-electron chi connectivity index (χ4n) is 3.89. The number of halogens is 2. The van der Waals surface area contributed by atoms with Gasteiger partial charge in [-0.2, -0.15) is 0 Å². The highest BCUT2D eigenvalue weighted by Crippen LogP contribution is 2.34. The van der Waals surface area contributed by atoms with Crippen LogP contribution in [0.2, 0.25) is 0 Å². The van der Waals surface area contributed by atoms with E-state index in [0.29, 0.717) is 46.2 Å². The molecule has 0 saturated carbocycles. The molecule has 4 rings (SSSR count). The van der Waals surface area contributed by atoms with Crippen molar-refractivity contribution >= 4 is 57.1 Å². The van der Waals surface area contributed by atoms with E-state index in [1.165, 1.54) is 42.5 Å². The summed E-state index contributed by atoms with van der Waals surface area (Å²) in [4.78, 5) is 51.8. The minimum absolute atomic E-state index is 0.201. The summed E-state index contributed by atoms with van der Waals surface area (Å²) in [5, 5.41) is 4.79. The fourth-order valence-corrected chi connectivity index (χ4v) is 4.40. The lowest BCUT2D eigenvalue weighted by atomic mass is 10.1. The van der Waals surface area contributed by atoms with E-state index in [0.717, 1.165) is 11.3 Å². The molecule has 0 bridgehead atoms. The van der Waals surface area contributed by atoms with Crippen LogP contribution in [0.3, 0.4) is 0 Å². The Morgan fingerprint density at radius 1 is 0.952 bits per heavy atom. The maximum atomic E-state index is 13.4. The van der Waals surface area contributed by atoms with Gasteiger partial charge in [-0.1, -0.05) is 13.0 Å². The van der Waals surface area contributed by atoms with Crippen molar-refractivity contribution in [2.24, 2.45) is 0 Å². The van der Waals surface area contributed by atoms with E-state index in [2.05, 4.69) is 26.6 Å². The van der Waals surface area contributed by atoms with Crippen LogP contribution in [0.15, 0.2) is 70.7 Å². The van der Waals surface area contributed by atoms with Crippen LogP contribution in [0, 0.1) is 5.82 Å². The summed E-state index contributed by atoms with van der Waals surface area (Å²) >= 11 is 3.37. The molecule has 218 valence electrons. The van der Waals surface area contributed by atoms with E-state index >= 15 is 0 Å². The highest BCUT2D eigenvalue weighted by atomic mass is 79.9. The quantitative estimate of drug-likeness (QED) is 0.211. The molecule has 1 saturated heterocycles. The van der Waals surface area contributed by atoms with Gasteiger partial charge < -0.3 is 19.5 Å². The Balaban J connectivity index is 1.50. The molecule has 5 amide bonds. The van der Waals surface area contributed by atoms with Gasteiger partial charge in [-0.25, -0.2) is 14.1 Å². The van der Waals surface area contributed by atoms with Crippen molar-refractivity contribution in [3.63, 3.8) is 0 Å². The summed E-state index contributed by atoms with van der Waals surface area (Å²) in [6.07, 6.45) is 2.13. The lowest BCUT2D eigenvalue weighted by Gasteiger charge is -2.27. The first-order chi connectivity index (χ1) is 20.2. The van der Waals surface area contributed by atoms with Crippen molar-refractivity contribution < 1.29 is 37.8 Å². The van der Waals surface area contributed by atoms with Crippen LogP contribution in [0.1, 0.15) is 25.8 Å². The van der Waals surface area contributed by atoms with E-state index < -0.39 is 29.6 Å². The number of imide groups is 2. The van der Waals surface area contributed by atoms with Gasteiger partial charge in [0.15, 0.2) is 18.1 Å². The number of ether oxygens (including phenoxy) is 3. The largest absolute Gasteiger partial charge is 0.490 e. The normalized spacial score (nSPS) is 14.0. The van der Waals surface area contributed by atoms with Crippen LogP contribution in [0.5, 0.6) is 17.2 Å². The van der Waals surface area contributed by atoms with E-state index in [1.54, 1.807) is 31.2 Å². The van der Waals surface area contributed by atoms with Crippen molar-refractivity contribution in [2.75, 3.05) is 30.0 Å². The number of hydrogen-bond donors (Lipinski definition) is 2. The number of carbonyl (C=O) groups is 4. The predicted octanol–water partition coefficient (Wildman–Crippen LogP) is 5.46. The molecule has 1 aliphatic heterocycles. The van der Waals surface area contributed by atoms with Gasteiger partial charge in [0.05, 0.1) is 23.4 Å². The zero-order valence-corrected chi connectivity index (χ0v) is 24.3. The Kier molecular flexibility index (Phi) is 9.92. The summed E-state index contributed by atoms with van der Waals surface area (Å²) in [6, 6.07) is 13.8. The van der Waals surface area contributed by atoms with Crippen LogP contribution in [0.25, 0.3) is 6.08 Å². The van der Waals surface area contributed by atoms with Crippen LogP contribution in [-0.4, -0.2) is 43.6 Å². The second-order valence-corrected chi connectivity index (χ2v) is 9.76. The van der Waals surface area contributed by atoms with Gasteiger partial charge in [0, 0.05) is 11.8 Å². The van der Waals surface area contributed by atoms with Crippen LogP contribution in [0.4, 0.5) is 20.6 Å². The number of nitrogens with one attached hydrogen (secondary N) is 2. The highest BCUT2D eigenvalue weighted by molar-refractivity contribution is 9.10. The SMILES string of the molecule is CCCOc1ccc(N2C(=O)NC(=O)/C(=C\c3ccc(OCC(=O)Nc4ccc(F)cc4)c(Br)c3)C2=O)cc1OCC.